The molecule has 3 heterocycles. The summed E-state index contributed by atoms with van der Waals surface area (Å²) in [4.78, 5) is 25.5. The second-order valence-corrected chi connectivity index (χ2v) is 13.9. The van der Waals surface area contributed by atoms with Crippen LogP contribution in [-0.2, 0) is 0 Å². The maximum Gasteiger partial charge on any atom is 0.164 e. The van der Waals surface area contributed by atoms with Crippen LogP contribution in [-0.4, -0.2) is 24.9 Å². The van der Waals surface area contributed by atoms with Crippen LogP contribution >= 0.6 is 11.3 Å². The zero-order valence-corrected chi connectivity index (χ0v) is 29.2. The zero-order valence-electron chi connectivity index (χ0n) is 28.4. The molecule has 0 aliphatic rings. The molecule has 0 radical (unpaired) electrons. The summed E-state index contributed by atoms with van der Waals surface area (Å²) in [7, 11) is 0. The molecule has 0 atom stereocenters. The molecule has 10 rings (SSSR count). The maximum atomic E-state index is 5.30. The molecule has 3 aromatic heterocycles. The van der Waals surface area contributed by atoms with E-state index in [9.17, 15) is 0 Å². The molecular weight excluding hydrogens is 667 g/mol. The topological polar surface area (TPSA) is 64.5 Å². The van der Waals surface area contributed by atoms with Crippen molar-refractivity contribution in [2.24, 2.45) is 0 Å². The van der Waals surface area contributed by atoms with Gasteiger partial charge in [0.1, 0.15) is 0 Å². The van der Waals surface area contributed by atoms with Crippen molar-refractivity contribution in [3.63, 3.8) is 0 Å². The van der Waals surface area contributed by atoms with E-state index in [0.717, 1.165) is 64.6 Å². The van der Waals surface area contributed by atoms with Crippen LogP contribution in [0.15, 0.2) is 176 Å². The number of rotatable bonds is 6. The van der Waals surface area contributed by atoms with E-state index in [1.807, 2.05) is 72.8 Å². The van der Waals surface area contributed by atoms with E-state index in [-0.39, 0.29) is 0 Å². The van der Waals surface area contributed by atoms with Gasteiger partial charge in [0.05, 0.1) is 11.2 Å². The van der Waals surface area contributed by atoms with Crippen LogP contribution in [0.25, 0.3) is 99.0 Å². The van der Waals surface area contributed by atoms with Crippen LogP contribution in [0.3, 0.4) is 0 Å². The maximum absolute atomic E-state index is 5.30. The molecule has 0 fully saturated rings. The Hall–Kier alpha value is -6.89. The Morgan fingerprint density at radius 1 is 0.321 bits per heavy atom. The number of hydrogen-bond acceptors (Lipinski definition) is 6. The molecule has 248 valence electrons. The fourth-order valence-electron chi connectivity index (χ4n) is 7.01. The van der Waals surface area contributed by atoms with Crippen LogP contribution < -0.4 is 0 Å². The summed E-state index contributed by atoms with van der Waals surface area (Å²) in [5, 5.41) is 3.25. The molecule has 0 saturated heterocycles. The van der Waals surface area contributed by atoms with E-state index in [0.29, 0.717) is 23.3 Å². The molecule has 0 amide bonds. The highest BCUT2D eigenvalue weighted by Crippen LogP contribution is 2.44. The fraction of sp³-hybridized carbons (Fsp3) is 0. The summed E-state index contributed by atoms with van der Waals surface area (Å²) in [5.74, 6) is 2.61. The quantitative estimate of drug-likeness (QED) is 0.173. The predicted molar refractivity (Wildman–Crippen MR) is 218 cm³/mol. The molecule has 0 unspecified atom stereocenters. The van der Waals surface area contributed by atoms with Gasteiger partial charge in [-0.05, 0) is 29.3 Å². The van der Waals surface area contributed by atoms with E-state index >= 15 is 0 Å². The van der Waals surface area contributed by atoms with Gasteiger partial charge in [-0.3, -0.25) is 0 Å². The van der Waals surface area contributed by atoms with Gasteiger partial charge in [-0.25, -0.2) is 24.9 Å². The van der Waals surface area contributed by atoms with Crippen molar-refractivity contribution in [1.29, 1.82) is 0 Å². The average molecular weight is 696 g/mol. The van der Waals surface area contributed by atoms with E-state index < -0.39 is 0 Å². The smallest absolute Gasteiger partial charge is 0.164 e. The minimum Gasteiger partial charge on any atom is -0.228 e. The van der Waals surface area contributed by atoms with Crippen molar-refractivity contribution in [3.8, 4) is 67.9 Å². The SMILES string of the molecule is c1ccc(-c2ccc(-c3nc(-c4cccc5c4sc4cccc(-c6nc(-c7ccccc7)nc(-c7ccccc7)n6)c45)nc4ccccc34)cc2)cc1. The first kappa shape index (κ1) is 30.9. The lowest BCUT2D eigenvalue weighted by Gasteiger charge is -2.11. The Morgan fingerprint density at radius 3 is 1.53 bits per heavy atom. The summed E-state index contributed by atoms with van der Waals surface area (Å²) in [6, 6.07) is 60.4. The number of para-hydroxylation sites is 1. The van der Waals surface area contributed by atoms with Crippen molar-refractivity contribution in [1.82, 2.24) is 24.9 Å². The minimum absolute atomic E-state index is 0.636. The lowest BCUT2D eigenvalue weighted by atomic mass is 10.0. The number of benzene rings is 7. The largest absolute Gasteiger partial charge is 0.228 e. The predicted octanol–water partition coefficient (Wildman–Crippen LogP) is 12.2. The molecule has 0 spiro atoms. The monoisotopic (exact) mass is 695 g/mol. The third-order valence-corrected chi connectivity index (χ3v) is 10.8. The van der Waals surface area contributed by atoms with Gasteiger partial charge in [-0.15, -0.1) is 11.3 Å². The average Bonchev–Trinajstić information content (AvgIpc) is 3.63. The lowest BCUT2D eigenvalue weighted by molar-refractivity contribution is 1.08. The Balaban J connectivity index is 1.14. The third-order valence-electron chi connectivity index (χ3n) is 9.57. The second kappa shape index (κ2) is 13.0. The zero-order chi connectivity index (χ0) is 35.1. The van der Waals surface area contributed by atoms with Gasteiger partial charge in [-0.1, -0.05) is 158 Å². The summed E-state index contributed by atoms with van der Waals surface area (Å²) in [5.41, 5.74) is 9.06. The van der Waals surface area contributed by atoms with Crippen molar-refractivity contribution in [2.75, 3.05) is 0 Å². The van der Waals surface area contributed by atoms with Crippen LogP contribution in [0.5, 0.6) is 0 Å². The highest BCUT2D eigenvalue weighted by molar-refractivity contribution is 7.26. The molecule has 0 aliphatic heterocycles. The fourth-order valence-corrected chi connectivity index (χ4v) is 8.25. The van der Waals surface area contributed by atoms with E-state index in [2.05, 4.69) is 103 Å². The van der Waals surface area contributed by atoms with Gasteiger partial charge in [0, 0.05) is 53.4 Å². The summed E-state index contributed by atoms with van der Waals surface area (Å²) in [6.07, 6.45) is 0. The number of nitrogens with zero attached hydrogens (tertiary/aromatic N) is 5. The Morgan fingerprint density at radius 2 is 0.830 bits per heavy atom. The number of hydrogen-bond donors (Lipinski definition) is 0. The van der Waals surface area contributed by atoms with E-state index in [1.54, 1.807) is 11.3 Å². The first-order chi connectivity index (χ1) is 26.3. The number of aromatic nitrogens is 5. The van der Waals surface area contributed by atoms with Crippen LogP contribution in [0.1, 0.15) is 0 Å². The molecular formula is C47H29N5S. The van der Waals surface area contributed by atoms with Crippen molar-refractivity contribution in [3.05, 3.63) is 176 Å². The summed E-state index contributed by atoms with van der Waals surface area (Å²) >= 11 is 1.75. The van der Waals surface area contributed by atoms with Crippen molar-refractivity contribution >= 4 is 42.4 Å². The molecule has 5 nitrogen and oxygen atoms in total. The Bertz CT molecular complexity index is 2870. The van der Waals surface area contributed by atoms with Gasteiger partial charge in [0.25, 0.3) is 0 Å². The lowest BCUT2D eigenvalue weighted by Crippen LogP contribution is -2.00. The number of fused-ring (bicyclic) bond motifs is 4. The highest BCUT2D eigenvalue weighted by atomic mass is 32.1. The highest BCUT2D eigenvalue weighted by Gasteiger charge is 2.20. The van der Waals surface area contributed by atoms with Gasteiger partial charge < -0.3 is 0 Å². The molecule has 6 heteroatoms. The van der Waals surface area contributed by atoms with E-state index in [1.165, 1.54) is 11.1 Å². The van der Waals surface area contributed by atoms with Crippen LogP contribution in [0.2, 0.25) is 0 Å². The van der Waals surface area contributed by atoms with Crippen LogP contribution in [0.4, 0.5) is 0 Å². The second-order valence-electron chi connectivity index (χ2n) is 12.9. The summed E-state index contributed by atoms with van der Waals surface area (Å²) < 4.78 is 2.27. The van der Waals surface area contributed by atoms with E-state index in [4.69, 9.17) is 24.9 Å². The van der Waals surface area contributed by atoms with Crippen molar-refractivity contribution in [2.45, 2.75) is 0 Å². The first-order valence-corrected chi connectivity index (χ1v) is 18.3. The van der Waals surface area contributed by atoms with Gasteiger partial charge in [-0.2, -0.15) is 0 Å². The summed E-state index contributed by atoms with van der Waals surface area (Å²) in [6.45, 7) is 0. The molecule has 0 saturated carbocycles. The van der Waals surface area contributed by atoms with Gasteiger partial charge >= 0.3 is 0 Å². The standard InChI is InChI=1S/C47H29N5S/c1-4-14-30(15-5-1)31-26-28-32(29-27-31)42-35-20-10-11-24-39(35)48-47(49-42)38-23-12-21-36-41-37(22-13-25-40(41)53-43(36)38)46-51-44(33-16-6-2-7-17-33)50-45(52-46)34-18-8-3-9-19-34/h1-29H. The van der Waals surface area contributed by atoms with Crippen molar-refractivity contribution < 1.29 is 0 Å². The van der Waals surface area contributed by atoms with Crippen LogP contribution in [0, 0.1) is 0 Å². The Labute approximate surface area is 310 Å². The first-order valence-electron chi connectivity index (χ1n) is 17.5. The molecule has 0 N–H and O–H groups in total. The third kappa shape index (κ3) is 5.62. The molecule has 0 aliphatic carbocycles. The normalized spacial score (nSPS) is 11.4. The Kier molecular flexibility index (Phi) is 7.59. The molecule has 7 aromatic carbocycles. The molecule has 53 heavy (non-hydrogen) atoms. The number of thiophene rings is 1. The van der Waals surface area contributed by atoms with Gasteiger partial charge in [0.2, 0.25) is 0 Å². The van der Waals surface area contributed by atoms with Gasteiger partial charge in [0.15, 0.2) is 23.3 Å². The minimum atomic E-state index is 0.636. The molecule has 0 bridgehead atoms. The molecule has 10 aromatic rings.